The summed E-state index contributed by atoms with van der Waals surface area (Å²) in [7, 11) is 2.11. The molecule has 17 heavy (non-hydrogen) atoms. The maximum absolute atomic E-state index is 3.45. The van der Waals surface area contributed by atoms with Gasteiger partial charge in [-0.2, -0.15) is 0 Å². The average Bonchev–Trinajstić information content (AvgIpc) is 2.40. The van der Waals surface area contributed by atoms with E-state index >= 15 is 0 Å². The van der Waals surface area contributed by atoms with Crippen LogP contribution in [0.1, 0.15) is 51.9 Å². The topological polar surface area (TPSA) is 15.3 Å². The molecule has 0 aromatic heterocycles. The lowest BCUT2D eigenvalue weighted by atomic mass is 9.80. The minimum atomic E-state index is 0.746. The molecule has 1 saturated heterocycles. The molecule has 2 fully saturated rings. The summed E-state index contributed by atoms with van der Waals surface area (Å²) in [6.07, 6.45) is 10.1. The Hall–Kier alpha value is -0.0800. The van der Waals surface area contributed by atoms with Gasteiger partial charge in [0.25, 0.3) is 0 Å². The number of nitrogens with zero attached hydrogens (tertiary/aromatic N) is 1. The second kappa shape index (κ2) is 6.75. The van der Waals surface area contributed by atoms with E-state index in [0.717, 1.165) is 17.9 Å². The van der Waals surface area contributed by atoms with E-state index < -0.39 is 0 Å². The van der Waals surface area contributed by atoms with Crippen molar-refractivity contribution in [1.82, 2.24) is 10.2 Å². The van der Waals surface area contributed by atoms with Crippen molar-refractivity contribution in [1.29, 1.82) is 0 Å². The van der Waals surface area contributed by atoms with E-state index in [1.807, 2.05) is 0 Å². The third kappa shape index (κ3) is 3.96. The molecule has 1 N–H and O–H groups in total. The molecule has 0 spiro atoms. The van der Waals surface area contributed by atoms with Crippen molar-refractivity contribution < 1.29 is 0 Å². The number of hydrogen-bond acceptors (Lipinski definition) is 2. The van der Waals surface area contributed by atoms with Gasteiger partial charge < -0.3 is 10.2 Å². The Morgan fingerprint density at radius 3 is 2.41 bits per heavy atom. The van der Waals surface area contributed by atoms with E-state index in [2.05, 4.69) is 24.2 Å². The van der Waals surface area contributed by atoms with Gasteiger partial charge in [-0.3, -0.25) is 0 Å². The molecule has 0 aromatic rings. The highest BCUT2D eigenvalue weighted by molar-refractivity contribution is 4.80. The first-order valence-corrected chi connectivity index (χ1v) is 7.71. The lowest BCUT2D eigenvalue weighted by Gasteiger charge is -2.37. The first kappa shape index (κ1) is 13.4. The Labute approximate surface area is 107 Å². The van der Waals surface area contributed by atoms with Crippen LogP contribution >= 0.6 is 0 Å². The van der Waals surface area contributed by atoms with Crippen LogP contribution in [0.4, 0.5) is 0 Å². The van der Waals surface area contributed by atoms with Crippen LogP contribution in [0.15, 0.2) is 0 Å². The fourth-order valence-corrected chi connectivity index (χ4v) is 3.64. The number of rotatable bonds is 4. The van der Waals surface area contributed by atoms with E-state index in [-0.39, 0.29) is 0 Å². The molecular weight excluding hydrogens is 208 g/mol. The van der Waals surface area contributed by atoms with Gasteiger partial charge >= 0.3 is 0 Å². The highest BCUT2D eigenvalue weighted by Crippen LogP contribution is 2.31. The second-order valence-corrected chi connectivity index (χ2v) is 6.18. The molecule has 1 heterocycles. The van der Waals surface area contributed by atoms with Crippen LogP contribution in [0.25, 0.3) is 0 Å². The lowest BCUT2D eigenvalue weighted by Crippen LogP contribution is -2.46. The molecule has 0 aromatic carbocycles. The van der Waals surface area contributed by atoms with Gasteiger partial charge in [0.15, 0.2) is 0 Å². The first-order chi connectivity index (χ1) is 8.31. The molecule has 1 saturated carbocycles. The average molecular weight is 238 g/mol. The zero-order chi connectivity index (χ0) is 12.1. The van der Waals surface area contributed by atoms with E-state index in [1.165, 1.54) is 64.6 Å². The van der Waals surface area contributed by atoms with Gasteiger partial charge in [-0.15, -0.1) is 0 Å². The third-order valence-corrected chi connectivity index (χ3v) is 4.97. The first-order valence-electron chi connectivity index (χ1n) is 7.71. The van der Waals surface area contributed by atoms with Crippen LogP contribution in [0, 0.1) is 11.8 Å². The summed E-state index contributed by atoms with van der Waals surface area (Å²) < 4.78 is 0. The number of likely N-dealkylation sites (N-methyl/N-ethyl adjacent to an activating group) is 1. The highest BCUT2D eigenvalue weighted by atomic mass is 15.2. The van der Waals surface area contributed by atoms with Gasteiger partial charge in [0.05, 0.1) is 0 Å². The molecule has 1 aliphatic carbocycles. The number of likely N-dealkylation sites (tertiary alicyclic amines) is 1. The predicted octanol–water partition coefficient (Wildman–Crippen LogP) is 2.89. The Bertz CT molecular complexity index is 209. The van der Waals surface area contributed by atoms with Crippen molar-refractivity contribution in [2.75, 3.05) is 26.7 Å². The van der Waals surface area contributed by atoms with Crippen molar-refractivity contribution >= 4 is 0 Å². The molecule has 2 aliphatic rings. The standard InChI is InChI=1S/C15H30N2/c1-3-13-6-8-14(9-7-13)11-17-10-4-5-15(12-17)16-2/h13-16H,3-12H2,1-2H3. The maximum Gasteiger partial charge on any atom is 0.0192 e. The Balaban J connectivity index is 1.70. The molecule has 0 radical (unpaired) electrons. The number of nitrogens with one attached hydrogen (secondary N) is 1. The summed E-state index contributed by atoms with van der Waals surface area (Å²) in [5, 5.41) is 3.45. The molecule has 2 heteroatoms. The molecule has 1 unspecified atom stereocenters. The largest absolute Gasteiger partial charge is 0.316 e. The van der Waals surface area contributed by atoms with E-state index in [1.54, 1.807) is 0 Å². The van der Waals surface area contributed by atoms with Crippen LogP contribution in [-0.2, 0) is 0 Å². The fraction of sp³-hybridized carbons (Fsp3) is 1.00. The minimum Gasteiger partial charge on any atom is -0.316 e. The van der Waals surface area contributed by atoms with Crippen LogP contribution in [0.3, 0.4) is 0 Å². The fourth-order valence-electron chi connectivity index (χ4n) is 3.64. The summed E-state index contributed by atoms with van der Waals surface area (Å²) in [5.74, 6) is 2.03. The Morgan fingerprint density at radius 2 is 1.76 bits per heavy atom. The normalized spacial score (nSPS) is 36.0. The minimum absolute atomic E-state index is 0.746. The molecule has 2 nitrogen and oxygen atoms in total. The van der Waals surface area contributed by atoms with Gasteiger partial charge in [0.2, 0.25) is 0 Å². The van der Waals surface area contributed by atoms with Gasteiger partial charge in [0, 0.05) is 19.1 Å². The van der Waals surface area contributed by atoms with Gasteiger partial charge in [-0.25, -0.2) is 0 Å². The van der Waals surface area contributed by atoms with Gasteiger partial charge in [-0.05, 0) is 51.1 Å². The zero-order valence-corrected chi connectivity index (χ0v) is 11.8. The molecular formula is C15H30N2. The van der Waals surface area contributed by atoms with E-state index in [0.29, 0.717) is 0 Å². The summed E-state index contributed by atoms with van der Waals surface area (Å²) in [6, 6.07) is 0.746. The van der Waals surface area contributed by atoms with E-state index in [4.69, 9.17) is 0 Å². The Morgan fingerprint density at radius 1 is 1.06 bits per heavy atom. The summed E-state index contributed by atoms with van der Waals surface area (Å²) in [6.45, 7) is 6.35. The SMILES string of the molecule is CCC1CCC(CN2CCCC(NC)C2)CC1. The monoisotopic (exact) mass is 238 g/mol. The summed E-state index contributed by atoms with van der Waals surface area (Å²) in [5.41, 5.74) is 0. The zero-order valence-electron chi connectivity index (χ0n) is 11.8. The highest BCUT2D eigenvalue weighted by Gasteiger charge is 2.24. The van der Waals surface area contributed by atoms with Crippen molar-refractivity contribution in [2.24, 2.45) is 11.8 Å². The summed E-state index contributed by atoms with van der Waals surface area (Å²) in [4.78, 5) is 2.71. The molecule has 0 amide bonds. The lowest BCUT2D eigenvalue weighted by molar-refractivity contribution is 0.141. The second-order valence-electron chi connectivity index (χ2n) is 6.18. The number of piperidine rings is 1. The van der Waals surface area contributed by atoms with Crippen LogP contribution in [-0.4, -0.2) is 37.6 Å². The summed E-state index contributed by atoms with van der Waals surface area (Å²) >= 11 is 0. The predicted molar refractivity (Wildman–Crippen MR) is 74.3 cm³/mol. The van der Waals surface area contributed by atoms with Gasteiger partial charge in [0.1, 0.15) is 0 Å². The van der Waals surface area contributed by atoms with Crippen LogP contribution in [0.5, 0.6) is 0 Å². The van der Waals surface area contributed by atoms with Crippen molar-refractivity contribution in [3.05, 3.63) is 0 Å². The smallest absolute Gasteiger partial charge is 0.0192 e. The van der Waals surface area contributed by atoms with Crippen LogP contribution in [0.2, 0.25) is 0 Å². The maximum atomic E-state index is 3.45. The molecule has 1 atom stereocenters. The quantitative estimate of drug-likeness (QED) is 0.810. The van der Waals surface area contributed by atoms with Gasteiger partial charge in [-0.1, -0.05) is 26.2 Å². The molecule has 100 valence electrons. The van der Waals surface area contributed by atoms with Crippen molar-refractivity contribution in [3.63, 3.8) is 0 Å². The van der Waals surface area contributed by atoms with Crippen molar-refractivity contribution in [3.8, 4) is 0 Å². The van der Waals surface area contributed by atoms with Crippen LogP contribution < -0.4 is 5.32 Å². The van der Waals surface area contributed by atoms with E-state index in [9.17, 15) is 0 Å². The number of hydrogen-bond donors (Lipinski definition) is 1. The van der Waals surface area contributed by atoms with Crippen molar-refractivity contribution in [2.45, 2.75) is 57.9 Å². The Kier molecular flexibility index (Phi) is 5.30. The molecule has 1 aliphatic heterocycles. The third-order valence-electron chi connectivity index (χ3n) is 4.97. The molecule has 2 rings (SSSR count). The molecule has 0 bridgehead atoms.